The first-order valence-electron chi connectivity index (χ1n) is 8.30. The Morgan fingerprint density at radius 2 is 1.76 bits per heavy atom. The van der Waals surface area contributed by atoms with Crippen LogP contribution >= 0.6 is 0 Å². The van der Waals surface area contributed by atoms with Gasteiger partial charge in [-0.25, -0.2) is 0 Å². The monoisotopic (exact) mass is 283 g/mol. The number of nitrogens with two attached hydrogens (primary N) is 1. The molecule has 4 fully saturated rings. The van der Waals surface area contributed by atoms with Gasteiger partial charge >= 0.3 is 0 Å². The number of rotatable bonds is 2. The molecule has 0 aliphatic heterocycles. The van der Waals surface area contributed by atoms with E-state index in [1.165, 1.54) is 36.0 Å². The van der Waals surface area contributed by atoms with Gasteiger partial charge in [0, 0.05) is 0 Å². The summed E-state index contributed by atoms with van der Waals surface area (Å²) in [6, 6.07) is 6.93. The Bertz CT molecular complexity index is 604. The Labute approximate surface area is 127 Å². The van der Waals surface area contributed by atoms with Gasteiger partial charge in [-0.15, -0.1) is 0 Å². The minimum absolute atomic E-state index is 0.0372. The maximum atomic E-state index is 12.2. The van der Waals surface area contributed by atoms with Crippen molar-refractivity contribution in [1.82, 2.24) is 0 Å². The second-order valence-electron chi connectivity index (χ2n) is 8.18. The van der Waals surface area contributed by atoms with E-state index in [1.807, 2.05) is 0 Å². The van der Waals surface area contributed by atoms with Crippen molar-refractivity contribution in [3.05, 3.63) is 34.9 Å². The van der Waals surface area contributed by atoms with E-state index in [4.69, 9.17) is 5.73 Å². The van der Waals surface area contributed by atoms with Crippen LogP contribution in [0.5, 0.6) is 0 Å². The molecular weight excluding hydrogens is 258 g/mol. The van der Waals surface area contributed by atoms with E-state index >= 15 is 0 Å². The summed E-state index contributed by atoms with van der Waals surface area (Å²) in [5.74, 6) is 1.38. The summed E-state index contributed by atoms with van der Waals surface area (Å²) >= 11 is 0. The van der Waals surface area contributed by atoms with Gasteiger partial charge in [-0.3, -0.25) is 4.79 Å². The predicted octanol–water partition coefficient (Wildman–Crippen LogP) is 3.63. The molecule has 1 amide bonds. The number of carbonyl (C=O) groups is 1. The maximum Gasteiger partial charge on any atom is 0.223 e. The minimum atomic E-state index is -0.205. The zero-order valence-electron chi connectivity index (χ0n) is 13.1. The predicted molar refractivity (Wildman–Crippen MR) is 83.9 cm³/mol. The van der Waals surface area contributed by atoms with E-state index in [0.29, 0.717) is 11.8 Å². The highest BCUT2D eigenvalue weighted by molar-refractivity contribution is 5.81. The fourth-order valence-electron chi connectivity index (χ4n) is 5.96. The van der Waals surface area contributed by atoms with Crippen molar-refractivity contribution in [2.45, 2.75) is 57.8 Å². The van der Waals surface area contributed by atoms with E-state index < -0.39 is 0 Å². The molecule has 4 saturated carbocycles. The molecule has 2 unspecified atom stereocenters. The van der Waals surface area contributed by atoms with Crippen LogP contribution in [-0.2, 0) is 10.2 Å². The SMILES string of the molecule is Cc1ccc(C23C[C@@H]4C[C@@H](CC(C(N)=O)(C4)C2)C3)cc1C. The van der Waals surface area contributed by atoms with Crippen LogP contribution < -0.4 is 5.73 Å². The summed E-state index contributed by atoms with van der Waals surface area (Å²) in [4.78, 5) is 12.2. The van der Waals surface area contributed by atoms with Crippen molar-refractivity contribution in [3.63, 3.8) is 0 Å². The van der Waals surface area contributed by atoms with E-state index in [9.17, 15) is 4.79 Å². The molecule has 5 rings (SSSR count). The summed E-state index contributed by atoms with van der Waals surface area (Å²) in [7, 11) is 0. The minimum Gasteiger partial charge on any atom is -0.369 e. The lowest BCUT2D eigenvalue weighted by Gasteiger charge is -2.61. The molecule has 0 spiro atoms. The summed E-state index contributed by atoms with van der Waals surface area (Å²) in [5, 5.41) is 0. The van der Waals surface area contributed by atoms with Gasteiger partial charge in [0.2, 0.25) is 5.91 Å². The van der Waals surface area contributed by atoms with Crippen molar-refractivity contribution in [2.75, 3.05) is 0 Å². The number of carbonyl (C=O) groups excluding carboxylic acids is 1. The lowest BCUT2D eigenvalue weighted by Crippen LogP contribution is -2.58. The Morgan fingerprint density at radius 1 is 1.10 bits per heavy atom. The van der Waals surface area contributed by atoms with Crippen LogP contribution in [0.4, 0.5) is 0 Å². The van der Waals surface area contributed by atoms with Crippen molar-refractivity contribution >= 4 is 5.91 Å². The molecule has 21 heavy (non-hydrogen) atoms. The van der Waals surface area contributed by atoms with Crippen LogP contribution in [0.1, 0.15) is 55.2 Å². The quantitative estimate of drug-likeness (QED) is 0.885. The number of aryl methyl sites for hydroxylation is 2. The van der Waals surface area contributed by atoms with E-state index in [-0.39, 0.29) is 16.7 Å². The highest BCUT2D eigenvalue weighted by Gasteiger charge is 2.60. The van der Waals surface area contributed by atoms with Crippen LogP contribution in [0.25, 0.3) is 0 Å². The van der Waals surface area contributed by atoms with Crippen molar-refractivity contribution in [2.24, 2.45) is 23.0 Å². The van der Waals surface area contributed by atoms with Gasteiger partial charge in [0.15, 0.2) is 0 Å². The number of primary amides is 1. The molecule has 0 saturated heterocycles. The molecule has 4 bridgehead atoms. The second kappa shape index (κ2) is 4.12. The van der Waals surface area contributed by atoms with Crippen LogP contribution in [0.15, 0.2) is 18.2 Å². The normalized spacial score (nSPS) is 40.5. The van der Waals surface area contributed by atoms with Crippen molar-refractivity contribution in [3.8, 4) is 0 Å². The van der Waals surface area contributed by atoms with Gasteiger partial charge in [0.25, 0.3) is 0 Å². The third-order valence-electron chi connectivity index (χ3n) is 6.70. The smallest absolute Gasteiger partial charge is 0.223 e. The van der Waals surface area contributed by atoms with E-state index in [1.54, 1.807) is 0 Å². The lowest BCUT2D eigenvalue weighted by molar-refractivity contribution is -0.145. The third kappa shape index (κ3) is 1.81. The molecule has 1 aromatic carbocycles. The number of hydrogen-bond acceptors (Lipinski definition) is 1. The van der Waals surface area contributed by atoms with E-state index in [0.717, 1.165) is 19.3 Å². The molecule has 4 aliphatic rings. The van der Waals surface area contributed by atoms with Gasteiger partial charge in [-0.1, -0.05) is 18.2 Å². The third-order valence-corrected chi connectivity index (χ3v) is 6.70. The van der Waals surface area contributed by atoms with Crippen LogP contribution in [0.3, 0.4) is 0 Å². The highest BCUT2D eigenvalue weighted by Crippen LogP contribution is 2.65. The highest BCUT2D eigenvalue weighted by atomic mass is 16.1. The average Bonchev–Trinajstić information content (AvgIpc) is 2.40. The van der Waals surface area contributed by atoms with Gasteiger partial charge < -0.3 is 5.73 Å². The van der Waals surface area contributed by atoms with Crippen LogP contribution in [0, 0.1) is 31.1 Å². The molecule has 0 aromatic heterocycles. The van der Waals surface area contributed by atoms with E-state index in [2.05, 4.69) is 32.0 Å². The van der Waals surface area contributed by atoms with Crippen molar-refractivity contribution in [1.29, 1.82) is 0 Å². The van der Waals surface area contributed by atoms with Gasteiger partial charge in [-0.05, 0) is 86.3 Å². The molecule has 2 nitrogen and oxygen atoms in total. The molecule has 0 radical (unpaired) electrons. The molecule has 4 atom stereocenters. The molecule has 1 aromatic rings. The zero-order chi connectivity index (χ0) is 14.8. The standard InChI is InChI=1S/C19H25NO/c1-12-3-4-16(5-13(12)2)18-7-14-6-15(8-18)10-19(9-14,11-18)17(20)21/h3-5,14-15H,6-11H2,1-2H3,(H2,20,21)/t14-,15+,18?,19?. The van der Waals surface area contributed by atoms with Gasteiger partial charge in [0.1, 0.15) is 0 Å². The van der Waals surface area contributed by atoms with Crippen LogP contribution in [-0.4, -0.2) is 5.91 Å². The molecule has 2 N–H and O–H groups in total. The Kier molecular flexibility index (Phi) is 2.62. The fourth-order valence-corrected chi connectivity index (χ4v) is 5.96. The topological polar surface area (TPSA) is 43.1 Å². The molecule has 0 heterocycles. The second-order valence-corrected chi connectivity index (χ2v) is 8.18. The largest absolute Gasteiger partial charge is 0.369 e. The van der Waals surface area contributed by atoms with Gasteiger partial charge in [-0.2, -0.15) is 0 Å². The average molecular weight is 283 g/mol. The van der Waals surface area contributed by atoms with Crippen molar-refractivity contribution < 1.29 is 4.79 Å². The summed E-state index contributed by atoms with van der Waals surface area (Å²) in [6.07, 6.45) is 6.94. The lowest BCUT2D eigenvalue weighted by atomic mass is 9.42. The number of benzene rings is 1. The number of hydrogen-bond donors (Lipinski definition) is 1. The summed E-state index contributed by atoms with van der Waals surface area (Å²) in [5.41, 5.74) is 10.0. The van der Waals surface area contributed by atoms with Crippen LogP contribution in [0.2, 0.25) is 0 Å². The first-order chi connectivity index (χ1) is 9.92. The first-order valence-corrected chi connectivity index (χ1v) is 8.30. The Morgan fingerprint density at radius 3 is 2.33 bits per heavy atom. The zero-order valence-corrected chi connectivity index (χ0v) is 13.1. The molecule has 4 aliphatic carbocycles. The van der Waals surface area contributed by atoms with Gasteiger partial charge in [0.05, 0.1) is 5.41 Å². The number of amides is 1. The Hall–Kier alpha value is -1.31. The molecular formula is C19H25NO. The molecule has 112 valence electrons. The Balaban J connectivity index is 1.80. The maximum absolute atomic E-state index is 12.2. The molecule has 2 heteroatoms. The first kappa shape index (κ1) is 13.4. The fraction of sp³-hybridized carbons (Fsp3) is 0.632. The summed E-state index contributed by atoms with van der Waals surface area (Å²) in [6.45, 7) is 4.37. The summed E-state index contributed by atoms with van der Waals surface area (Å²) < 4.78 is 0.